The zero-order valence-corrected chi connectivity index (χ0v) is 15.4. The first kappa shape index (κ1) is 20.4. The van der Waals surface area contributed by atoms with E-state index in [1.54, 1.807) is 16.9 Å². The van der Waals surface area contributed by atoms with Crippen LogP contribution in [0.3, 0.4) is 0 Å². The summed E-state index contributed by atoms with van der Waals surface area (Å²) >= 11 is 0. The second-order valence-electron chi connectivity index (χ2n) is 5.74. The molecule has 24 heavy (non-hydrogen) atoms. The molecule has 0 bridgehead atoms. The van der Waals surface area contributed by atoms with E-state index in [4.69, 9.17) is 0 Å². The van der Waals surface area contributed by atoms with Crippen molar-refractivity contribution in [3.8, 4) is 5.82 Å². The number of hydrogen-bond donors (Lipinski definition) is 2. The molecule has 132 valence electrons. The SMILES string of the molecule is Cc1cc(C)n(-c2ccc(C(=O)NC3CCNCC3)cn2)n1.Cl.Cl. The summed E-state index contributed by atoms with van der Waals surface area (Å²) < 4.78 is 1.78. The lowest BCUT2D eigenvalue weighted by atomic mass is 10.1. The van der Waals surface area contributed by atoms with Crippen molar-refractivity contribution < 1.29 is 4.79 Å². The molecule has 1 aliphatic rings. The monoisotopic (exact) mass is 371 g/mol. The fraction of sp³-hybridized carbons (Fsp3) is 0.438. The number of carbonyl (C=O) groups excluding carboxylic acids is 1. The molecule has 8 heteroatoms. The molecular formula is C16H23Cl2N5O. The summed E-state index contributed by atoms with van der Waals surface area (Å²) in [5.41, 5.74) is 2.56. The maximum atomic E-state index is 12.2. The van der Waals surface area contributed by atoms with Gasteiger partial charge in [0.1, 0.15) is 0 Å². The average Bonchev–Trinajstić information content (AvgIpc) is 2.87. The van der Waals surface area contributed by atoms with Crippen molar-refractivity contribution in [3.63, 3.8) is 0 Å². The summed E-state index contributed by atoms with van der Waals surface area (Å²) in [6.45, 7) is 5.85. The smallest absolute Gasteiger partial charge is 0.253 e. The number of nitrogens with one attached hydrogen (secondary N) is 2. The first-order valence-electron chi connectivity index (χ1n) is 7.65. The topological polar surface area (TPSA) is 71.8 Å². The molecule has 3 heterocycles. The molecule has 0 radical (unpaired) electrons. The van der Waals surface area contributed by atoms with Crippen LogP contribution >= 0.6 is 24.8 Å². The van der Waals surface area contributed by atoms with Crippen LogP contribution in [0.2, 0.25) is 0 Å². The van der Waals surface area contributed by atoms with E-state index < -0.39 is 0 Å². The minimum atomic E-state index is -0.0562. The Labute approximate surface area is 154 Å². The first-order chi connectivity index (χ1) is 10.6. The number of hydrogen-bond acceptors (Lipinski definition) is 4. The molecule has 1 aliphatic heterocycles. The Hall–Kier alpha value is -1.63. The number of rotatable bonds is 3. The molecule has 0 aromatic carbocycles. The van der Waals surface area contributed by atoms with Gasteiger partial charge in [-0.3, -0.25) is 4.79 Å². The largest absolute Gasteiger partial charge is 0.349 e. The van der Waals surface area contributed by atoms with Gasteiger partial charge in [-0.05, 0) is 58.0 Å². The van der Waals surface area contributed by atoms with Gasteiger partial charge >= 0.3 is 0 Å². The molecular weight excluding hydrogens is 349 g/mol. The highest BCUT2D eigenvalue weighted by atomic mass is 35.5. The van der Waals surface area contributed by atoms with Crippen molar-refractivity contribution in [2.45, 2.75) is 32.7 Å². The number of piperidine rings is 1. The molecule has 1 amide bonds. The average molecular weight is 372 g/mol. The standard InChI is InChI=1S/C16H21N5O.2ClH/c1-11-9-12(2)21(20-11)15-4-3-13(10-18-15)16(22)19-14-5-7-17-8-6-14;;/h3-4,9-10,14,17H,5-8H2,1-2H3,(H,19,22);2*1H. The maximum absolute atomic E-state index is 12.2. The normalized spacial score (nSPS) is 14.4. The molecule has 6 nitrogen and oxygen atoms in total. The second-order valence-corrected chi connectivity index (χ2v) is 5.74. The third-order valence-corrected chi connectivity index (χ3v) is 3.91. The summed E-state index contributed by atoms with van der Waals surface area (Å²) in [6, 6.07) is 5.88. The second kappa shape index (κ2) is 9.01. The zero-order valence-electron chi connectivity index (χ0n) is 13.8. The Balaban J connectivity index is 0.00000144. The Morgan fingerprint density at radius 3 is 2.50 bits per heavy atom. The van der Waals surface area contributed by atoms with Gasteiger partial charge in [0.15, 0.2) is 5.82 Å². The highest BCUT2D eigenvalue weighted by Crippen LogP contribution is 2.11. The van der Waals surface area contributed by atoms with Gasteiger partial charge in [-0.15, -0.1) is 24.8 Å². The summed E-state index contributed by atoms with van der Waals surface area (Å²) in [6.07, 6.45) is 3.56. The van der Waals surface area contributed by atoms with E-state index in [0.29, 0.717) is 5.56 Å². The van der Waals surface area contributed by atoms with Crippen LogP contribution in [0.25, 0.3) is 5.82 Å². The van der Waals surface area contributed by atoms with E-state index in [9.17, 15) is 4.79 Å². The predicted molar refractivity (Wildman–Crippen MR) is 98.7 cm³/mol. The number of aryl methyl sites for hydroxylation is 2. The van der Waals surface area contributed by atoms with Crippen molar-refractivity contribution in [1.29, 1.82) is 0 Å². The highest BCUT2D eigenvalue weighted by molar-refractivity contribution is 5.94. The molecule has 0 unspecified atom stereocenters. The number of carbonyl (C=O) groups is 1. The van der Waals surface area contributed by atoms with Gasteiger partial charge in [-0.1, -0.05) is 0 Å². The number of aromatic nitrogens is 3. The maximum Gasteiger partial charge on any atom is 0.253 e. The Morgan fingerprint density at radius 2 is 1.96 bits per heavy atom. The van der Waals surface area contributed by atoms with Crippen LogP contribution in [0.1, 0.15) is 34.6 Å². The van der Waals surface area contributed by atoms with Gasteiger partial charge < -0.3 is 10.6 Å². The summed E-state index contributed by atoms with van der Waals surface area (Å²) in [5, 5.41) is 10.8. The quantitative estimate of drug-likeness (QED) is 0.867. The molecule has 1 saturated heterocycles. The van der Waals surface area contributed by atoms with E-state index in [0.717, 1.165) is 43.1 Å². The summed E-state index contributed by atoms with van der Waals surface area (Å²) in [4.78, 5) is 16.6. The van der Waals surface area contributed by atoms with E-state index in [2.05, 4.69) is 20.7 Å². The Bertz CT molecular complexity index is 666. The fourth-order valence-electron chi connectivity index (χ4n) is 2.74. The van der Waals surface area contributed by atoms with E-state index in [1.807, 2.05) is 26.0 Å². The predicted octanol–water partition coefficient (Wildman–Crippen LogP) is 2.21. The van der Waals surface area contributed by atoms with Crippen molar-refractivity contribution in [3.05, 3.63) is 41.3 Å². The van der Waals surface area contributed by atoms with E-state index in [1.165, 1.54) is 0 Å². The van der Waals surface area contributed by atoms with Crippen LogP contribution in [-0.4, -0.2) is 39.8 Å². The molecule has 2 aromatic rings. The van der Waals surface area contributed by atoms with Gasteiger partial charge in [0.2, 0.25) is 0 Å². The minimum Gasteiger partial charge on any atom is -0.349 e. The molecule has 0 spiro atoms. The Kier molecular flexibility index (Phi) is 7.66. The van der Waals surface area contributed by atoms with Gasteiger partial charge in [0.25, 0.3) is 5.91 Å². The molecule has 0 saturated carbocycles. The molecule has 0 aliphatic carbocycles. The van der Waals surface area contributed by atoms with Crippen LogP contribution in [-0.2, 0) is 0 Å². The fourth-order valence-corrected chi connectivity index (χ4v) is 2.74. The third-order valence-electron chi connectivity index (χ3n) is 3.91. The lowest BCUT2D eigenvalue weighted by molar-refractivity contribution is 0.0929. The highest BCUT2D eigenvalue weighted by Gasteiger charge is 2.16. The van der Waals surface area contributed by atoms with Gasteiger partial charge in [0.05, 0.1) is 11.3 Å². The Morgan fingerprint density at radius 1 is 1.25 bits per heavy atom. The molecule has 3 rings (SSSR count). The number of halogens is 2. The van der Waals surface area contributed by atoms with Gasteiger partial charge in [-0.25, -0.2) is 9.67 Å². The van der Waals surface area contributed by atoms with Crippen LogP contribution in [0.15, 0.2) is 24.4 Å². The first-order valence-corrected chi connectivity index (χ1v) is 7.65. The van der Waals surface area contributed by atoms with Crippen LogP contribution in [0, 0.1) is 13.8 Å². The lowest BCUT2D eigenvalue weighted by Crippen LogP contribution is -2.42. The van der Waals surface area contributed by atoms with Crippen LogP contribution < -0.4 is 10.6 Å². The lowest BCUT2D eigenvalue weighted by Gasteiger charge is -2.23. The molecule has 2 N–H and O–H groups in total. The molecule has 2 aromatic heterocycles. The zero-order chi connectivity index (χ0) is 15.5. The van der Waals surface area contributed by atoms with Crippen molar-refractivity contribution in [2.24, 2.45) is 0 Å². The summed E-state index contributed by atoms with van der Waals surface area (Å²) in [7, 11) is 0. The van der Waals surface area contributed by atoms with Crippen molar-refractivity contribution in [2.75, 3.05) is 13.1 Å². The van der Waals surface area contributed by atoms with Gasteiger partial charge in [0, 0.05) is 17.9 Å². The molecule has 1 fully saturated rings. The van der Waals surface area contributed by atoms with Crippen LogP contribution in [0.5, 0.6) is 0 Å². The number of amides is 1. The molecule has 0 atom stereocenters. The third kappa shape index (κ3) is 4.69. The minimum absolute atomic E-state index is 0. The van der Waals surface area contributed by atoms with Crippen molar-refractivity contribution in [1.82, 2.24) is 25.4 Å². The van der Waals surface area contributed by atoms with Gasteiger partial charge in [-0.2, -0.15) is 5.10 Å². The van der Waals surface area contributed by atoms with E-state index in [-0.39, 0.29) is 36.8 Å². The van der Waals surface area contributed by atoms with E-state index >= 15 is 0 Å². The number of pyridine rings is 1. The summed E-state index contributed by atoms with van der Waals surface area (Å²) in [5.74, 6) is 0.670. The number of nitrogens with zero attached hydrogens (tertiary/aromatic N) is 3. The van der Waals surface area contributed by atoms with Crippen LogP contribution in [0.4, 0.5) is 0 Å². The van der Waals surface area contributed by atoms with Crippen molar-refractivity contribution >= 4 is 30.7 Å².